The second-order valence-electron chi connectivity index (χ2n) is 7.29. The maximum atomic E-state index is 6.11. The van der Waals surface area contributed by atoms with Crippen LogP contribution in [0, 0.1) is 0 Å². The number of nitrogens with one attached hydrogen (secondary N) is 1. The van der Waals surface area contributed by atoms with Crippen LogP contribution in [0.1, 0.15) is 5.56 Å². The number of ether oxygens (including phenoxy) is 1. The normalized spacial score (nSPS) is 14.5. The Morgan fingerprint density at radius 2 is 1.67 bits per heavy atom. The lowest BCUT2D eigenvalue weighted by molar-refractivity contribution is 0.250. The summed E-state index contributed by atoms with van der Waals surface area (Å²) in [6.45, 7) is 5.29. The van der Waals surface area contributed by atoms with Gasteiger partial charge in [-0.3, -0.25) is 4.90 Å². The molecular formula is C24H26ClN3OS. The van der Waals surface area contributed by atoms with Gasteiger partial charge in [0.15, 0.2) is 0 Å². The maximum Gasteiger partial charge on any atom is 0.134 e. The number of rotatable bonds is 7. The molecule has 3 aromatic rings. The van der Waals surface area contributed by atoms with E-state index in [1.807, 2.05) is 18.2 Å². The average Bonchev–Trinajstić information content (AvgIpc) is 2.80. The second kappa shape index (κ2) is 10.1. The van der Waals surface area contributed by atoms with Crippen molar-refractivity contribution in [3.8, 4) is 5.75 Å². The van der Waals surface area contributed by atoms with Crippen molar-refractivity contribution in [3.05, 3.63) is 83.4 Å². The van der Waals surface area contributed by atoms with Crippen LogP contribution < -0.4 is 14.4 Å². The number of halogens is 1. The molecule has 0 spiro atoms. The van der Waals surface area contributed by atoms with Gasteiger partial charge in [0.2, 0.25) is 0 Å². The number of benzene rings is 3. The average molecular weight is 440 g/mol. The van der Waals surface area contributed by atoms with Crippen molar-refractivity contribution >= 4 is 34.9 Å². The topological polar surface area (TPSA) is 27.7 Å². The molecule has 1 aliphatic rings. The summed E-state index contributed by atoms with van der Waals surface area (Å²) >= 11 is 7.61. The van der Waals surface area contributed by atoms with Gasteiger partial charge in [0, 0.05) is 49.1 Å². The summed E-state index contributed by atoms with van der Waals surface area (Å²) in [6.07, 6.45) is 0. The monoisotopic (exact) mass is 439 g/mol. The maximum absolute atomic E-state index is 6.11. The van der Waals surface area contributed by atoms with Gasteiger partial charge in [0.25, 0.3) is 0 Å². The summed E-state index contributed by atoms with van der Waals surface area (Å²) in [5, 5.41) is 0.697. The van der Waals surface area contributed by atoms with Gasteiger partial charge in [-0.25, -0.2) is 0 Å². The zero-order valence-electron chi connectivity index (χ0n) is 17.1. The molecule has 0 aromatic heterocycles. The van der Waals surface area contributed by atoms with Gasteiger partial charge in [-0.15, -0.1) is 0 Å². The molecule has 0 bridgehead atoms. The Morgan fingerprint density at radius 1 is 0.933 bits per heavy atom. The molecule has 1 fully saturated rings. The van der Waals surface area contributed by atoms with E-state index >= 15 is 0 Å². The fourth-order valence-electron chi connectivity index (χ4n) is 3.58. The number of anilines is 2. The molecule has 4 rings (SSSR count). The van der Waals surface area contributed by atoms with Gasteiger partial charge in [0.1, 0.15) is 5.75 Å². The van der Waals surface area contributed by atoms with E-state index in [9.17, 15) is 0 Å². The van der Waals surface area contributed by atoms with Crippen molar-refractivity contribution in [2.24, 2.45) is 0 Å². The minimum Gasteiger partial charge on any atom is -0.496 e. The number of nitrogens with zero attached hydrogens (tertiary/aromatic N) is 2. The van der Waals surface area contributed by atoms with E-state index in [0.717, 1.165) is 49.1 Å². The Hall–Kier alpha value is -2.34. The smallest absolute Gasteiger partial charge is 0.134 e. The first kappa shape index (κ1) is 20.9. The number of methoxy groups -OCH3 is 1. The number of hydrogen-bond acceptors (Lipinski definition) is 5. The zero-order valence-corrected chi connectivity index (χ0v) is 18.6. The highest BCUT2D eigenvalue weighted by Crippen LogP contribution is 2.32. The SMILES string of the molecule is COc1ccc(Cl)cc1SNc1ccc(CN2CCN(c3ccccc3)CC2)cc1. The fraction of sp³-hybridized carbons (Fsp3) is 0.250. The summed E-state index contributed by atoms with van der Waals surface area (Å²) in [5.74, 6) is 0.808. The van der Waals surface area contributed by atoms with Crippen molar-refractivity contribution in [3.63, 3.8) is 0 Å². The van der Waals surface area contributed by atoms with Gasteiger partial charge < -0.3 is 14.4 Å². The van der Waals surface area contributed by atoms with Crippen molar-refractivity contribution in [2.75, 3.05) is 42.9 Å². The molecule has 156 valence electrons. The van der Waals surface area contributed by atoms with E-state index < -0.39 is 0 Å². The van der Waals surface area contributed by atoms with Gasteiger partial charge in [-0.05, 0) is 60.0 Å². The molecular weight excluding hydrogens is 414 g/mol. The van der Waals surface area contributed by atoms with E-state index in [0.29, 0.717) is 5.02 Å². The van der Waals surface area contributed by atoms with Gasteiger partial charge in [-0.1, -0.05) is 41.9 Å². The Morgan fingerprint density at radius 3 is 2.37 bits per heavy atom. The van der Waals surface area contributed by atoms with Crippen molar-refractivity contribution in [1.82, 2.24) is 4.90 Å². The summed E-state index contributed by atoms with van der Waals surface area (Å²) in [4.78, 5) is 5.95. The standard InChI is InChI=1S/C24H26ClN3OS/c1-29-23-12-9-20(25)17-24(23)30-26-21-10-7-19(8-11-21)18-27-13-15-28(16-14-27)22-5-3-2-4-6-22/h2-12,17,26H,13-16,18H2,1H3. The van der Waals surface area contributed by atoms with E-state index in [1.54, 1.807) is 7.11 Å². The molecule has 0 atom stereocenters. The molecule has 0 amide bonds. The van der Waals surface area contributed by atoms with Gasteiger partial charge >= 0.3 is 0 Å². The van der Waals surface area contributed by atoms with Crippen LogP contribution in [0.25, 0.3) is 0 Å². The van der Waals surface area contributed by atoms with Gasteiger partial charge in [0.05, 0.1) is 12.0 Å². The molecule has 30 heavy (non-hydrogen) atoms. The number of para-hydroxylation sites is 1. The van der Waals surface area contributed by atoms with Crippen LogP contribution in [0.3, 0.4) is 0 Å². The largest absolute Gasteiger partial charge is 0.496 e. The lowest BCUT2D eigenvalue weighted by Crippen LogP contribution is -2.45. The summed E-state index contributed by atoms with van der Waals surface area (Å²) in [5.41, 5.74) is 3.71. The van der Waals surface area contributed by atoms with E-state index in [4.69, 9.17) is 16.3 Å². The Labute approximate surface area is 187 Å². The molecule has 1 saturated heterocycles. The minimum absolute atomic E-state index is 0.697. The highest BCUT2D eigenvalue weighted by atomic mass is 35.5. The summed E-state index contributed by atoms with van der Waals surface area (Å²) in [7, 11) is 1.67. The van der Waals surface area contributed by atoms with Crippen LogP contribution in [-0.2, 0) is 6.54 Å². The number of piperazine rings is 1. The van der Waals surface area contributed by atoms with Crippen molar-refractivity contribution in [1.29, 1.82) is 0 Å². The van der Waals surface area contributed by atoms with E-state index in [1.165, 1.54) is 23.2 Å². The third-order valence-corrected chi connectivity index (χ3v) is 6.37. The lowest BCUT2D eigenvalue weighted by atomic mass is 10.1. The van der Waals surface area contributed by atoms with E-state index in [-0.39, 0.29) is 0 Å². The molecule has 6 heteroatoms. The van der Waals surface area contributed by atoms with Crippen LogP contribution in [-0.4, -0.2) is 38.2 Å². The van der Waals surface area contributed by atoms with Gasteiger partial charge in [-0.2, -0.15) is 0 Å². The molecule has 0 aliphatic carbocycles. The third-order valence-electron chi connectivity index (χ3n) is 5.26. The highest BCUT2D eigenvalue weighted by Gasteiger charge is 2.17. The molecule has 0 saturated carbocycles. The molecule has 1 heterocycles. The predicted octanol–water partition coefficient (Wildman–Crippen LogP) is 5.79. The number of hydrogen-bond donors (Lipinski definition) is 1. The summed E-state index contributed by atoms with van der Waals surface area (Å²) < 4.78 is 8.78. The molecule has 1 N–H and O–H groups in total. The molecule has 0 unspecified atom stereocenters. The Kier molecular flexibility index (Phi) is 7.05. The van der Waals surface area contributed by atoms with Crippen LogP contribution in [0.5, 0.6) is 5.75 Å². The molecule has 1 aliphatic heterocycles. The first-order chi connectivity index (χ1) is 14.7. The highest BCUT2D eigenvalue weighted by molar-refractivity contribution is 8.00. The predicted molar refractivity (Wildman–Crippen MR) is 128 cm³/mol. The Balaban J connectivity index is 1.28. The Bertz CT molecular complexity index is 944. The van der Waals surface area contributed by atoms with Crippen LogP contribution >= 0.6 is 23.5 Å². The first-order valence-electron chi connectivity index (χ1n) is 10.1. The van der Waals surface area contributed by atoms with E-state index in [2.05, 4.69) is 69.1 Å². The molecule has 0 radical (unpaired) electrons. The quantitative estimate of drug-likeness (QED) is 0.470. The lowest BCUT2D eigenvalue weighted by Gasteiger charge is -2.36. The molecule has 3 aromatic carbocycles. The fourth-order valence-corrected chi connectivity index (χ4v) is 4.62. The van der Waals surface area contributed by atoms with Crippen LogP contribution in [0.15, 0.2) is 77.7 Å². The molecule has 4 nitrogen and oxygen atoms in total. The van der Waals surface area contributed by atoms with Crippen LogP contribution in [0.4, 0.5) is 11.4 Å². The first-order valence-corrected chi connectivity index (χ1v) is 11.3. The zero-order chi connectivity index (χ0) is 20.8. The second-order valence-corrected chi connectivity index (χ2v) is 8.58. The summed E-state index contributed by atoms with van der Waals surface area (Å²) in [6, 6.07) is 24.9. The minimum atomic E-state index is 0.697. The third kappa shape index (κ3) is 5.42. The van der Waals surface area contributed by atoms with Crippen molar-refractivity contribution in [2.45, 2.75) is 11.4 Å². The van der Waals surface area contributed by atoms with Crippen molar-refractivity contribution < 1.29 is 4.74 Å². The van der Waals surface area contributed by atoms with Crippen LogP contribution in [0.2, 0.25) is 5.02 Å².